The number of hydrogen-bond acceptors (Lipinski definition) is 2. The van der Waals surface area contributed by atoms with Gasteiger partial charge in [-0.05, 0) is 41.4 Å². The standard InChI is InChI=1S/C14H10Cl2O2/c1-18-12-4-2-3-11(14(16)17)13(12)9-5-7-10(15)8-6-9/h2-8H,1H3. The number of carbonyl (C=O) groups excluding carboxylic acids is 1. The third kappa shape index (κ3) is 2.50. The minimum absolute atomic E-state index is 0.415. The molecule has 2 aromatic rings. The first-order valence-electron chi connectivity index (χ1n) is 5.26. The van der Waals surface area contributed by atoms with E-state index in [0.717, 1.165) is 5.56 Å². The maximum Gasteiger partial charge on any atom is 0.253 e. The van der Waals surface area contributed by atoms with Crippen LogP contribution in [0.1, 0.15) is 10.4 Å². The third-order valence-corrected chi connectivity index (χ3v) is 3.05. The van der Waals surface area contributed by atoms with Crippen LogP contribution in [0.4, 0.5) is 0 Å². The maximum absolute atomic E-state index is 11.5. The van der Waals surface area contributed by atoms with Crippen molar-refractivity contribution >= 4 is 28.4 Å². The highest BCUT2D eigenvalue weighted by atomic mass is 35.5. The van der Waals surface area contributed by atoms with E-state index in [1.54, 1.807) is 37.4 Å². The lowest BCUT2D eigenvalue weighted by Crippen LogP contribution is -1.97. The molecule has 0 amide bonds. The SMILES string of the molecule is COc1cccc(C(=O)Cl)c1-c1ccc(Cl)cc1. The molecule has 18 heavy (non-hydrogen) atoms. The van der Waals surface area contributed by atoms with Gasteiger partial charge in [0.15, 0.2) is 0 Å². The molecule has 0 heterocycles. The molecule has 4 heteroatoms. The average Bonchev–Trinajstić information content (AvgIpc) is 2.38. The molecule has 0 radical (unpaired) electrons. The topological polar surface area (TPSA) is 26.3 Å². The van der Waals surface area contributed by atoms with Crippen molar-refractivity contribution in [2.45, 2.75) is 0 Å². The molecule has 0 aliphatic heterocycles. The van der Waals surface area contributed by atoms with Gasteiger partial charge < -0.3 is 4.74 Å². The highest BCUT2D eigenvalue weighted by molar-refractivity contribution is 6.68. The molecule has 2 nitrogen and oxygen atoms in total. The zero-order valence-electron chi connectivity index (χ0n) is 9.61. The van der Waals surface area contributed by atoms with E-state index in [2.05, 4.69) is 0 Å². The van der Waals surface area contributed by atoms with Gasteiger partial charge in [-0.2, -0.15) is 0 Å². The van der Waals surface area contributed by atoms with E-state index in [1.165, 1.54) is 0 Å². The summed E-state index contributed by atoms with van der Waals surface area (Å²) in [5.41, 5.74) is 1.93. The molecule has 0 unspecified atom stereocenters. The Kier molecular flexibility index (Phi) is 3.90. The second-order valence-electron chi connectivity index (χ2n) is 3.66. The molecule has 0 bridgehead atoms. The van der Waals surface area contributed by atoms with E-state index in [9.17, 15) is 4.79 Å². The van der Waals surface area contributed by atoms with Crippen molar-refractivity contribution in [3.05, 3.63) is 53.1 Å². The van der Waals surface area contributed by atoms with Gasteiger partial charge in [0.2, 0.25) is 0 Å². The molecule has 0 spiro atoms. The Morgan fingerprint density at radius 2 is 1.78 bits per heavy atom. The molecule has 92 valence electrons. The summed E-state index contributed by atoms with van der Waals surface area (Å²) < 4.78 is 5.28. The number of halogens is 2. The van der Waals surface area contributed by atoms with Gasteiger partial charge in [0.05, 0.1) is 7.11 Å². The van der Waals surface area contributed by atoms with Crippen LogP contribution >= 0.6 is 23.2 Å². The summed E-state index contributed by atoms with van der Waals surface area (Å²) in [6, 6.07) is 12.3. The van der Waals surface area contributed by atoms with E-state index >= 15 is 0 Å². The molecule has 0 aliphatic rings. The Hall–Kier alpha value is -1.51. The number of rotatable bonds is 3. The predicted octanol–water partition coefficient (Wildman–Crippen LogP) is 4.39. The van der Waals surface area contributed by atoms with Crippen molar-refractivity contribution in [3.63, 3.8) is 0 Å². The molecule has 2 rings (SSSR count). The number of benzene rings is 2. The molecule has 0 saturated heterocycles. The van der Waals surface area contributed by atoms with Crippen molar-refractivity contribution < 1.29 is 9.53 Å². The van der Waals surface area contributed by atoms with Gasteiger partial charge in [0.1, 0.15) is 5.75 Å². The van der Waals surface area contributed by atoms with Gasteiger partial charge in [-0.25, -0.2) is 0 Å². The van der Waals surface area contributed by atoms with Crippen LogP contribution in [0.2, 0.25) is 5.02 Å². The van der Waals surface area contributed by atoms with Gasteiger partial charge in [-0.1, -0.05) is 29.8 Å². The van der Waals surface area contributed by atoms with Crippen LogP contribution < -0.4 is 4.74 Å². The fourth-order valence-electron chi connectivity index (χ4n) is 1.78. The van der Waals surface area contributed by atoms with Crippen LogP contribution in [0.3, 0.4) is 0 Å². The van der Waals surface area contributed by atoms with Gasteiger partial charge >= 0.3 is 0 Å². The lowest BCUT2D eigenvalue weighted by Gasteiger charge is -2.11. The van der Waals surface area contributed by atoms with Crippen LogP contribution in [0.15, 0.2) is 42.5 Å². The zero-order chi connectivity index (χ0) is 13.1. The summed E-state index contributed by atoms with van der Waals surface area (Å²) in [6.45, 7) is 0. The molecule has 0 aliphatic carbocycles. The summed E-state index contributed by atoms with van der Waals surface area (Å²) in [5.74, 6) is 0.601. The molecule has 0 atom stereocenters. The first kappa shape index (κ1) is 12.9. The molecule has 0 saturated carbocycles. The van der Waals surface area contributed by atoms with E-state index in [1.807, 2.05) is 12.1 Å². The smallest absolute Gasteiger partial charge is 0.253 e. The second kappa shape index (κ2) is 5.42. The van der Waals surface area contributed by atoms with E-state index in [4.69, 9.17) is 27.9 Å². The van der Waals surface area contributed by atoms with E-state index in [0.29, 0.717) is 21.9 Å². The Bertz CT molecular complexity index is 577. The summed E-state index contributed by atoms with van der Waals surface area (Å²) in [4.78, 5) is 11.5. The minimum Gasteiger partial charge on any atom is -0.496 e. The highest BCUT2D eigenvalue weighted by Gasteiger charge is 2.15. The lowest BCUT2D eigenvalue weighted by molar-refractivity contribution is 0.108. The summed E-state index contributed by atoms with van der Waals surface area (Å²) in [5, 5.41) is 0.117. The fourth-order valence-corrected chi connectivity index (χ4v) is 2.06. The highest BCUT2D eigenvalue weighted by Crippen LogP contribution is 2.34. The van der Waals surface area contributed by atoms with Crippen molar-refractivity contribution in [2.75, 3.05) is 7.11 Å². The average molecular weight is 281 g/mol. The van der Waals surface area contributed by atoms with Crippen LogP contribution in [-0.4, -0.2) is 12.4 Å². The third-order valence-electron chi connectivity index (χ3n) is 2.59. The molecule has 2 aromatic carbocycles. The van der Waals surface area contributed by atoms with E-state index in [-0.39, 0.29) is 0 Å². The van der Waals surface area contributed by atoms with Gasteiger partial charge in [-0.3, -0.25) is 4.79 Å². The Morgan fingerprint density at radius 3 is 2.33 bits per heavy atom. The summed E-state index contributed by atoms with van der Waals surface area (Å²) >= 11 is 11.4. The number of hydrogen-bond donors (Lipinski definition) is 0. The number of ether oxygens (including phenoxy) is 1. The van der Waals surface area contributed by atoms with Crippen LogP contribution in [-0.2, 0) is 0 Å². The summed E-state index contributed by atoms with van der Waals surface area (Å²) in [6.07, 6.45) is 0. The maximum atomic E-state index is 11.5. The molecular weight excluding hydrogens is 271 g/mol. The zero-order valence-corrected chi connectivity index (χ0v) is 11.1. The molecule has 0 fully saturated rings. The van der Waals surface area contributed by atoms with Gasteiger partial charge in [0, 0.05) is 16.1 Å². The monoisotopic (exact) mass is 280 g/mol. The quantitative estimate of drug-likeness (QED) is 0.780. The van der Waals surface area contributed by atoms with Crippen molar-refractivity contribution in [2.24, 2.45) is 0 Å². The van der Waals surface area contributed by atoms with Crippen LogP contribution in [0.5, 0.6) is 5.75 Å². The normalized spacial score (nSPS) is 10.2. The number of carbonyl (C=O) groups is 1. The molecular formula is C14H10Cl2O2. The predicted molar refractivity (Wildman–Crippen MR) is 73.6 cm³/mol. The molecule has 0 aromatic heterocycles. The Balaban J connectivity index is 2.67. The largest absolute Gasteiger partial charge is 0.496 e. The van der Waals surface area contributed by atoms with E-state index < -0.39 is 5.24 Å². The minimum atomic E-state index is -0.515. The van der Waals surface area contributed by atoms with Crippen LogP contribution in [0, 0.1) is 0 Å². The van der Waals surface area contributed by atoms with Gasteiger partial charge in [-0.15, -0.1) is 0 Å². The van der Waals surface area contributed by atoms with Crippen molar-refractivity contribution in [1.82, 2.24) is 0 Å². The Morgan fingerprint density at radius 1 is 1.11 bits per heavy atom. The summed E-state index contributed by atoms with van der Waals surface area (Å²) in [7, 11) is 1.55. The second-order valence-corrected chi connectivity index (χ2v) is 4.44. The van der Waals surface area contributed by atoms with Crippen molar-refractivity contribution in [3.8, 4) is 16.9 Å². The first-order chi connectivity index (χ1) is 8.63. The van der Waals surface area contributed by atoms with Crippen LogP contribution in [0.25, 0.3) is 11.1 Å². The Labute approximate surface area is 115 Å². The number of methoxy groups -OCH3 is 1. The molecule has 0 N–H and O–H groups in total. The lowest BCUT2D eigenvalue weighted by atomic mass is 9.99. The van der Waals surface area contributed by atoms with Gasteiger partial charge in [0.25, 0.3) is 5.24 Å². The van der Waals surface area contributed by atoms with Crippen molar-refractivity contribution in [1.29, 1.82) is 0 Å². The fraction of sp³-hybridized carbons (Fsp3) is 0.0714. The first-order valence-corrected chi connectivity index (χ1v) is 6.02.